The molecule has 0 aliphatic rings. The second-order valence-corrected chi connectivity index (χ2v) is 2.15. The molecule has 1 rings (SSSR count). The molecule has 64 valence electrons. The molecule has 0 radical (unpaired) electrons. The standard InChI is InChI=1S/C7H8N3O2.Y/c1-5-8-4-9-6(10-5)3-7(11)12-2;/h3H2,1-2H3;/q-1;+3. The van der Waals surface area contributed by atoms with Crippen molar-refractivity contribution in [2.24, 2.45) is 0 Å². The molecule has 1 heterocycles. The number of methoxy groups -OCH3 is 1. The Bertz CT molecular complexity index is 293. The van der Waals surface area contributed by atoms with Crippen molar-refractivity contribution in [2.45, 2.75) is 13.3 Å². The molecule has 0 bridgehead atoms. The van der Waals surface area contributed by atoms with Crippen molar-refractivity contribution in [2.75, 3.05) is 7.11 Å². The third-order valence-electron chi connectivity index (χ3n) is 1.21. The monoisotopic (exact) mass is 255 g/mol. The number of aromatic nitrogens is 3. The minimum atomic E-state index is -0.367. The Kier molecular flexibility index (Phi) is 5.91. The molecule has 0 atom stereocenters. The van der Waals surface area contributed by atoms with E-state index in [0.717, 1.165) is 0 Å². The maximum Gasteiger partial charge on any atom is 3.00 e. The van der Waals surface area contributed by atoms with Gasteiger partial charge >= 0.3 is 38.7 Å². The van der Waals surface area contributed by atoms with E-state index >= 15 is 0 Å². The van der Waals surface area contributed by atoms with Gasteiger partial charge < -0.3 is 19.7 Å². The van der Waals surface area contributed by atoms with Crippen LogP contribution in [-0.4, -0.2) is 28.0 Å². The molecule has 6 heteroatoms. The number of carbonyl (C=O) groups excluding carboxylic acids is 1. The van der Waals surface area contributed by atoms with Crippen LogP contribution in [-0.2, 0) is 48.7 Å². The fraction of sp³-hybridized carbons (Fsp3) is 0.429. The van der Waals surface area contributed by atoms with Gasteiger partial charge in [-0.25, -0.2) is 0 Å². The Balaban J connectivity index is 0.00000144. The van der Waals surface area contributed by atoms with Gasteiger partial charge in [0.1, 0.15) is 0 Å². The van der Waals surface area contributed by atoms with E-state index in [9.17, 15) is 4.79 Å². The number of ether oxygens (including phenoxy) is 1. The van der Waals surface area contributed by atoms with Gasteiger partial charge in [0.25, 0.3) is 0 Å². The van der Waals surface area contributed by atoms with Gasteiger partial charge in [-0.3, -0.25) is 4.79 Å². The molecule has 0 aromatic carbocycles. The van der Waals surface area contributed by atoms with Gasteiger partial charge in [-0.15, -0.1) is 0 Å². The molecule has 0 fully saturated rings. The van der Waals surface area contributed by atoms with Gasteiger partial charge in [-0.05, 0) is 0 Å². The van der Waals surface area contributed by atoms with Crippen molar-refractivity contribution >= 4 is 5.97 Å². The average Bonchev–Trinajstić information content (AvgIpc) is 2.04. The molecule has 0 N–H and O–H groups in total. The fourth-order valence-corrected chi connectivity index (χ4v) is 0.672. The van der Waals surface area contributed by atoms with E-state index in [1.165, 1.54) is 7.11 Å². The Hall–Kier alpha value is -0.416. The second-order valence-electron chi connectivity index (χ2n) is 2.15. The first-order valence-electron chi connectivity index (χ1n) is 3.37. The van der Waals surface area contributed by atoms with Crippen LogP contribution in [0.5, 0.6) is 0 Å². The quantitative estimate of drug-likeness (QED) is 0.536. The van der Waals surface area contributed by atoms with Crippen LogP contribution < -0.4 is 0 Å². The third-order valence-corrected chi connectivity index (χ3v) is 1.21. The van der Waals surface area contributed by atoms with Crippen LogP contribution in [0.25, 0.3) is 0 Å². The summed E-state index contributed by atoms with van der Waals surface area (Å²) >= 11 is 0. The predicted octanol–water partition coefficient (Wildman–Crippen LogP) is -0.307. The van der Waals surface area contributed by atoms with E-state index in [2.05, 4.69) is 26.0 Å². The van der Waals surface area contributed by atoms with E-state index in [1.807, 2.05) is 0 Å². The molecule has 13 heavy (non-hydrogen) atoms. The van der Waals surface area contributed by atoms with Gasteiger partial charge in [-0.1, -0.05) is 6.92 Å². The van der Waals surface area contributed by atoms with Crippen LogP contribution in [0, 0.1) is 13.3 Å². The van der Waals surface area contributed by atoms with Crippen molar-refractivity contribution < 1.29 is 42.2 Å². The number of esters is 1. The van der Waals surface area contributed by atoms with Crippen LogP contribution in [0.4, 0.5) is 0 Å². The summed E-state index contributed by atoms with van der Waals surface area (Å²) in [5.74, 6) is 0.562. The summed E-state index contributed by atoms with van der Waals surface area (Å²) in [4.78, 5) is 22.0. The van der Waals surface area contributed by atoms with Crippen molar-refractivity contribution in [1.29, 1.82) is 0 Å². The van der Waals surface area contributed by atoms with E-state index < -0.39 is 0 Å². The van der Waals surface area contributed by atoms with Crippen LogP contribution in [0.15, 0.2) is 0 Å². The summed E-state index contributed by atoms with van der Waals surface area (Å²) in [6.45, 7) is 1.71. The molecule has 0 aliphatic heterocycles. The number of hydrogen-bond donors (Lipinski definition) is 0. The number of carbonyl (C=O) groups is 1. The maximum atomic E-state index is 10.8. The second kappa shape index (κ2) is 6.10. The zero-order valence-electron chi connectivity index (χ0n) is 7.44. The Morgan fingerprint density at radius 2 is 2.23 bits per heavy atom. The number of nitrogens with zero attached hydrogens (tertiary/aromatic N) is 3. The molecule has 0 amide bonds. The van der Waals surface area contributed by atoms with Crippen molar-refractivity contribution in [3.63, 3.8) is 0 Å². The smallest absolute Gasteiger partial charge is 0.469 e. The Morgan fingerprint density at radius 3 is 2.77 bits per heavy atom. The number of rotatable bonds is 2. The van der Waals surface area contributed by atoms with E-state index in [1.54, 1.807) is 6.92 Å². The van der Waals surface area contributed by atoms with Crippen molar-refractivity contribution in [1.82, 2.24) is 15.0 Å². The zero-order valence-corrected chi connectivity index (χ0v) is 10.3. The van der Waals surface area contributed by atoms with Gasteiger partial charge in [-0.2, -0.15) is 0 Å². The van der Waals surface area contributed by atoms with E-state index in [-0.39, 0.29) is 45.1 Å². The first-order valence-corrected chi connectivity index (χ1v) is 3.37. The molecular formula is C7H8N3O2Y+2. The normalized spacial score (nSPS) is 8.77. The molecular weight excluding hydrogens is 247 g/mol. The molecule has 0 saturated carbocycles. The predicted molar refractivity (Wildman–Crippen MR) is 39.1 cm³/mol. The first kappa shape index (κ1) is 12.6. The van der Waals surface area contributed by atoms with Crippen molar-refractivity contribution in [3.05, 3.63) is 18.0 Å². The molecule has 0 saturated heterocycles. The topological polar surface area (TPSA) is 65.0 Å². The maximum absolute atomic E-state index is 10.8. The molecule has 0 unspecified atom stereocenters. The SMILES string of the molecule is COC(=O)Cc1n[c-]nc(C)n1.[Y+3]. The van der Waals surface area contributed by atoms with Gasteiger partial charge in [0.15, 0.2) is 0 Å². The summed E-state index contributed by atoms with van der Waals surface area (Å²) in [5.41, 5.74) is 0. The molecule has 0 spiro atoms. The zero-order chi connectivity index (χ0) is 8.97. The number of aryl methyl sites for hydroxylation is 1. The van der Waals surface area contributed by atoms with E-state index in [4.69, 9.17) is 0 Å². The van der Waals surface area contributed by atoms with Crippen LogP contribution >= 0.6 is 0 Å². The molecule has 1 aromatic heterocycles. The van der Waals surface area contributed by atoms with Gasteiger partial charge in [0.05, 0.1) is 13.5 Å². The van der Waals surface area contributed by atoms with E-state index in [0.29, 0.717) is 11.6 Å². The third kappa shape index (κ3) is 4.38. The van der Waals surface area contributed by atoms with Crippen LogP contribution in [0.1, 0.15) is 11.6 Å². The molecule has 5 nitrogen and oxygen atoms in total. The molecule has 0 aliphatic carbocycles. The summed E-state index contributed by atoms with van der Waals surface area (Å²) in [6, 6.07) is 0. The summed E-state index contributed by atoms with van der Waals surface area (Å²) in [7, 11) is 1.32. The minimum Gasteiger partial charge on any atom is -0.469 e. The Labute approximate surface area is 101 Å². The van der Waals surface area contributed by atoms with Crippen LogP contribution in [0.3, 0.4) is 0 Å². The average molecular weight is 255 g/mol. The first-order chi connectivity index (χ1) is 5.72. The Morgan fingerprint density at radius 1 is 1.54 bits per heavy atom. The number of hydrogen-bond acceptors (Lipinski definition) is 5. The largest absolute Gasteiger partial charge is 3.00 e. The fourth-order valence-electron chi connectivity index (χ4n) is 0.672. The van der Waals surface area contributed by atoms with Gasteiger partial charge in [0, 0.05) is 18.0 Å². The molecule has 1 aromatic rings. The summed E-state index contributed by atoms with van der Waals surface area (Å²) < 4.78 is 4.44. The van der Waals surface area contributed by atoms with Crippen LogP contribution in [0.2, 0.25) is 0 Å². The summed E-state index contributed by atoms with van der Waals surface area (Å²) in [6.07, 6.45) is 2.45. The van der Waals surface area contributed by atoms with Gasteiger partial charge in [0.2, 0.25) is 0 Å². The van der Waals surface area contributed by atoms with Crippen molar-refractivity contribution in [3.8, 4) is 0 Å². The minimum absolute atomic E-state index is 0. The summed E-state index contributed by atoms with van der Waals surface area (Å²) in [5, 5.41) is 0.